The Labute approximate surface area is 347 Å². The third-order valence-electron chi connectivity index (χ3n) is 13.0. The summed E-state index contributed by atoms with van der Waals surface area (Å²) in [6.07, 6.45) is -2.66. The second-order valence-electron chi connectivity index (χ2n) is 17.4. The second-order valence-corrected chi connectivity index (χ2v) is 17.4. The maximum absolute atomic E-state index is 16.9. The van der Waals surface area contributed by atoms with Gasteiger partial charge in [0.1, 0.15) is 23.8 Å². The van der Waals surface area contributed by atoms with Crippen LogP contribution < -0.4 is 5.32 Å². The van der Waals surface area contributed by atoms with Crippen LogP contribution in [0.3, 0.4) is 0 Å². The average Bonchev–Trinajstić information content (AvgIpc) is 3.66. The molecule has 1 unspecified atom stereocenters. The van der Waals surface area contributed by atoms with Crippen molar-refractivity contribution < 1.29 is 52.4 Å². The van der Waals surface area contributed by atoms with Crippen LogP contribution in [0, 0.1) is 24.7 Å². The molecule has 3 aliphatic rings. The van der Waals surface area contributed by atoms with E-state index < -0.39 is 89.2 Å². The topological polar surface area (TPSA) is 168 Å². The van der Waals surface area contributed by atoms with Crippen LogP contribution in [0.15, 0.2) is 36.9 Å². The number of halogens is 1. The van der Waals surface area contributed by atoms with Crippen LogP contribution in [0.1, 0.15) is 93.3 Å². The highest BCUT2D eigenvalue weighted by atomic mass is 19.1. The fraction of sp³-hybridized carbons (Fsp3) is 0.705. The number of alkyl halides is 1. The Morgan fingerprint density at radius 3 is 2.41 bits per heavy atom. The molecule has 3 saturated heterocycles. The highest BCUT2D eigenvalue weighted by Gasteiger charge is 2.61. The van der Waals surface area contributed by atoms with E-state index in [4.69, 9.17) is 23.7 Å². The number of hydrogen-bond donors (Lipinski definition) is 2. The number of carbonyl (C=O) groups is 4. The lowest BCUT2D eigenvalue weighted by molar-refractivity contribution is -0.290. The summed E-state index contributed by atoms with van der Waals surface area (Å²) in [5.41, 5.74) is -4.32. The van der Waals surface area contributed by atoms with Crippen LogP contribution in [0.2, 0.25) is 0 Å². The molecule has 0 spiro atoms. The number of Topliss-reactive ketones (excluding diaryl/α,β-unsaturated/α-hetero) is 2. The number of amides is 1. The molecule has 1 amide bonds. The molecule has 0 saturated carbocycles. The summed E-state index contributed by atoms with van der Waals surface area (Å²) < 4.78 is 49.6. The average molecular weight is 829 g/mol. The number of fused-ring (bicyclic) bond motifs is 2. The number of carbonyl (C=O) groups excluding carboxylic acids is 4. The number of hydrogen-bond acceptors (Lipinski definition) is 12. The number of aliphatic hydroxyl groups is 1. The number of nitrogens with one attached hydrogen (secondary N) is 1. The second kappa shape index (κ2) is 18.5. The van der Waals surface area contributed by atoms with Gasteiger partial charge in [-0.1, -0.05) is 45.9 Å². The fourth-order valence-corrected chi connectivity index (χ4v) is 9.69. The van der Waals surface area contributed by atoms with Crippen LogP contribution in [-0.4, -0.2) is 123 Å². The zero-order valence-corrected chi connectivity index (χ0v) is 36.4. The summed E-state index contributed by atoms with van der Waals surface area (Å²) in [6, 6.07) is 6.50. The summed E-state index contributed by atoms with van der Waals surface area (Å²) in [7, 11) is 1.40. The van der Waals surface area contributed by atoms with Crippen molar-refractivity contribution in [3.05, 3.63) is 42.7 Å². The predicted molar refractivity (Wildman–Crippen MR) is 218 cm³/mol. The minimum atomic E-state index is -3.18. The van der Waals surface area contributed by atoms with Crippen molar-refractivity contribution in [1.82, 2.24) is 19.8 Å². The number of ketones is 2. The summed E-state index contributed by atoms with van der Waals surface area (Å²) >= 11 is 0. The van der Waals surface area contributed by atoms with Gasteiger partial charge in [0, 0.05) is 50.5 Å². The van der Waals surface area contributed by atoms with E-state index in [-0.39, 0.29) is 31.3 Å². The van der Waals surface area contributed by atoms with Gasteiger partial charge in [0.05, 0.1) is 34.9 Å². The predicted octanol–water partition coefficient (Wildman–Crippen LogP) is 5.63. The van der Waals surface area contributed by atoms with Crippen molar-refractivity contribution in [2.75, 3.05) is 20.2 Å². The number of para-hydroxylation sites is 2. The van der Waals surface area contributed by atoms with Gasteiger partial charge in [-0.05, 0) is 78.9 Å². The molecular formula is C44H65FN4O10. The van der Waals surface area contributed by atoms with Gasteiger partial charge in [-0.25, -0.2) is 19.0 Å². The summed E-state index contributed by atoms with van der Waals surface area (Å²) in [5, 5.41) is 14.6. The van der Waals surface area contributed by atoms with Gasteiger partial charge in [0.15, 0.2) is 17.7 Å². The molecule has 3 aliphatic heterocycles. The zero-order valence-electron chi connectivity index (χ0n) is 36.4. The van der Waals surface area contributed by atoms with Crippen molar-refractivity contribution in [2.24, 2.45) is 17.8 Å². The van der Waals surface area contributed by atoms with Crippen LogP contribution in [-0.2, 0) is 44.6 Å². The molecule has 2 N–H and O–H groups in total. The first-order valence-electron chi connectivity index (χ1n) is 21.0. The third kappa shape index (κ3) is 9.14. The normalized spacial score (nSPS) is 37.5. The number of aromatic nitrogens is 2. The van der Waals surface area contributed by atoms with Gasteiger partial charge in [-0.2, -0.15) is 0 Å². The molecular weight excluding hydrogens is 763 g/mol. The van der Waals surface area contributed by atoms with Crippen molar-refractivity contribution >= 4 is 34.7 Å². The van der Waals surface area contributed by atoms with Crippen LogP contribution >= 0.6 is 0 Å². The molecule has 1 aromatic carbocycles. The van der Waals surface area contributed by atoms with E-state index in [9.17, 15) is 24.3 Å². The number of aliphatic hydroxyl groups excluding tert-OH is 1. The lowest BCUT2D eigenvalue weighted by Crippen LogP contribution is -2.62. The lowest BCUT2D eigenvalue weighted by atomic mass is 9.73. The largest absolute Gasteiger partial charge is 0.455 e. The summed E-state index contributed by atoms with van der Waals surface area (Å²) in [5.74, 6) is -4.94. The number of rotatable bonds is 12. The molecule has 13 atom stereocenters. The minimum Gasteiger partial charge on any atom is -0.455 e. The smallest absolute Gasteiger partial charge is 0.410 e. The zero-order chi connectivity index (χ0) is 43.6. The van der Waals surface area contributed by atoms with Crippen molar-refractivity contribution in [1.29, 1.82) is 0 Å². The standard InChI is InChI=1S/C44H65FN4O10/c1-12-20-46-31-23-26(4)56-39(35(31)51)58-38-28(6)37(52)43(9,45)40(53)57-33(13-2)44(10)36(27(5)34(50)25(3)24-42(38,8)55-11)49(41(54)59-44)22-17-16-21-48-29(7)47-30-18-14-15-19-32(30)48/h12,14-15,18-19,25-28,31,33,35-36,38-39,46,51H,1,13,16-17,20-24H2,2-11H3/t25-,26-,27+,28+,31+,33-,35+,36?,38-,39+,42-,43+,44-/m1/s1. The molecule has 328 valence electrons. The summed E-state index contributed by atoms with van der Waals surface area (Å²) in [6.45, 7) is 19.5. The number of methoxy groups -OCH3 is 1. The molecule has 0 bridgehead atoms. The number of unbranched alkanes of at least 4 members (excludes halogenated alkanes) is 1. The van der Waals surface area contributed by atoms with Crippen LogP contribution in [0.4, 0.5) is 9.18 Å². The van der Waals surface area contributed by atoms with Crippen molar-refractivity contribution in [3.63, 3.8) is 0 Å². The maximum atomic E-state index is 16.9. The Morgan fingerprint density at radius 1 is 1.07 bits per heavy atom. The van der Waals surface area contributed by atoms with Crippen molar-refractivity contribution in [2.45, 2.75) is 161 Å². The SMILES string of the molecule is C=CCN[C@H]1C[C@@H](C)O[C@@H](O[C@@H]2[C@@H](C)C(=O)[C@](C)(F)C(=O)O[C@H](CC)[C@@]3(C)OC(=O)N(CCCCn4c(C)nc5ccccc54)C3[C@@H](C)C(=O)[C@H](C)C[C@@]2(C)OC)[C@H]1O. The summed E-state index contributed by atoms with van der Waals surface area (Å²) in [4.78, 5) is 63.0. The number of cyclic esters (lactones) is 1. The van der Waals surface area contributed by atoms with Gasteiger partial charge >= 0.3 is 12.1 Å². The molecule has 14 nitrogen and oxygen atoms in total. The molecule has 0 radical (unpaired) electrons. The fourth-order valence-electron chi connectivity index (χ4n) is 9.69. The van der Waals surface area contributed by atoms with E-state index in [1.807, 2.05) is 38.1 Å². The van der Waals surface area contributed by atoms with E-state index in [2.05, 4.69) is 21.4 Å². The molecule has 3 fully saturated rings. The van der Waals surface area contributed by atoms with Crippen LogP contribution in [0.5, 0.6) is 0 Å². The number of esters is 1. The van der Waals surface area contributed by atoms with Crippen molar-refractivity contribution in [3.8, 4) is 0 Å². The lowest BCUT2D eigenvalue weighted by Gasteiger charge is -2.46. The molecule has 15 heteroatoms. The van der Waals surface area contributed by atoms with E-state index in [1.165, 1.54) is 18.9 Å². The van der Waals surface area contributed by atoms with Gasteiger partial charge in [-0.3, -0.25) is 9.59 Å². The van der Waals surface area contributed by atoms with Gasteiger partial charge in [0.25, 0.3) is 5.67 Å². The monoisotopic (exact) mass is 828 g/mol. The Morgan fingerprint density at radius 2 is 1.75 bits per heavy atom. The first kappa shape index (κ1) is 46.3. The van der Waals surface area contributed by atoms with Gasteiger partial charge in [0.2, 0.25) is 0 Å². The van der Waals surface area contributed by atoms with E-state index in [0.29, 0.717) is 32.4 Å². The van der Waals surface area contributed by atoms with E-state index in [1.54, 1.807) is 40.7 Å². The van der Waals surface area contributed by atoms with E-state index >= 15 is 4.39 Å². The van der Waals surface area contributed by atoms with Gasteiger partial charge < -0.3 is 43.6 Å². The Hall–Kier alpha value is -3.76. The minimum absolute atomic E-state index is 0.00737. The molecule has 2 aromatic rings. The molecule has 0 aliphatic carbocycles. The third-order valence-corrected chi connectivity index (χ3v) is 13.0. The quantitative estimate of drug-likeness (QED) is 0.117. The molecule has 4 heterocycles. The Bertz CT molecular complexity index is 1850. The highest BCUT2D eigenvalue weighted by molar-refractivity contribution is 6.08. The number of aryl methyl sites for hydroxylation is 2. The molecule has 1 aromatic heterocycles. The molecule has 5 rings (SSSR count). The maximum Gasteiger partial charge on any atom is 0.410 e. The Kier molecular flexibility index (Phi) is 14.5. The molecule has 59 heavy (non-hydrogen) atoms. The number of benzene rings is 1. The Balaban J connectivity index is 1.49. The first-order chi connectivity index (χ1) is 27.7. The number of imidazole rings is 1. The number of nitrogens with zero attached hydrogens (tertiary/aromatic N) is 3. The highest BCUT2D eigenvalue weighted by Crippen LogP contribution is 2.43. The van der Waals surface area contributed by atoms with E-state index in [0.717, 1.165) is 23.8 Å². The van der Waals surface area contributed by atoms with Crippen LogP contribution in [0.25, 0.3) is 11.0 Å². The number of ether oxygens (including phenoxy) is 5. The van der Waals surface area contributed by atoms with Gasteiger partial charge in [-0.15, -0.1) is 6.58 Å². The first-order valence-corrected chi connectivity index (χ1v) is 21.0.